The number of benzene rings is 2. The number of fused-ring (bicyclic) bond motifs is 3. The Balaban J connectivity index is 1.85. The van der Waals surface area contributed by atoms with E-state index in [9.17, 15) is 21.6 Å². The fourth-order valence-corrected chi connectivity index (χ4v) is 4.18. The summed E-state index contributed by atoms with van der Waals surface area (Å²) in [5.74, 6) is 0. The fourth-order valence-electron chi connectivity index (χ4n) is 3.42. The van der Waals surface area contributed by atoms with Crippen LogP contribution in [-0.4, -0.2) is 25.2 Å². The molecule has 1 aliphatic heterocycles. The van der Waals surface area contributed by atoms with Crippen LogP contribution in [0.5, 0.6) is 0 Å². The van der Waals surface area contributed by atoms with Crippen LogP contribution in [0.4, 0.5) is 24.5 Å². The van der Waals surface area contributed by atoms with E-state index in [0.29, 0.717) is 29.2 Å². The molecule has 0 saturated heterocycles. The molecule has 10 heteroatoms. The largest absolute Gasteiger partial charge is 0.416 e. The highest BCUT2D eigenvalue weighted by molar-refractivity contribution is 7.89. The van der Waals surface area contributed by atoms with Crippen LogP contribution >= 0.6 is 0 Å². The van der Waals surface area contributed by atoms with Gasteiger partial charge in [0.2, 0.25) is 10.0 Å². The number of anilines is 2. The summed E-state index contributed by atoms with van der Waals surface area (Å²) in [7, 11) is -0.572. The van der Waals surface area contributed by atoms with Gasteiger partial charge in [0, 0.05) is 30.1 Å². The lowest BCUT2D eigenvalue weighted by Gasteiger charge is -2.31. The first-order valence-electron chi connectivity index (χ1n) is 8.65. The third-order valence-corrected chi connectivity index (χ3v) is 6.24. The molecule has 0 bridgehead atoms. The van der Waals surface area contributed by atoms with E-state index in [2.05, 4.69) is 9.82 Å². The highest BCUT2D eigenvalue weighted by Gasteiger charge is 2.31. The number of hydrogen-bond donors (Lipinski definition) is 1. The molecule has 0 radical (unpaired) electrons. The fraction of sp³-hybridized carbons (Fsp3) is 0.211. The predicted octanol–water partition coefficient (Wildman–Crippen LogP) is 3.67. The minimum atomic E-state index is -4.41. The van der Waals surface area contributed by atoms with Gasteiger partial charge in [-0.1, -0.05) is 0 Å². The molecular weight excluding hydrogens is 405 g/mol. The highest BCUT2D eigenvalue weighted by Crippen LogP contribution is 2.43. The van der Waals surface area contributed by atoms with Gasteiger partial charge in [0.1, 0.15) is 0 Å². The van der Waals surface area contributed by atoms with E-state index >= 15 is 0 Å². The van der Waals surface area contributed by atoms with Crippen molar-refractivity contribution >= 4 is 21.4 Å². The minimum absolute atomic E-state index is 0.0876. The number of halogens is 3. The Kier molecular flexibility index (Phi) is 4.43. The third-order valence-electron chi connectivity index (χ3n) is 4.83. The van der Waals surface area contributed by atoms with Crippen molar-refractivity contribution in [1.82, 2.24) is 14.5 Å². The van der Waals surface area contributed by atoms with Gasteiger partial charge in [-0.3, -0.25) is 4.68 Å². The normalized spacial score (nSPS) is 13.9. The summed E-state index contributed by atoms with van der Waals surface area (Å²) in [4.78, 5) is 1.93. The van der Waals surface area contributed by atoms with Crippen LogP contribution in [0.3, 0.4) is 0 Å². The van der Waals surface area contributed by atoms with Crippen LogP contribution in [0.25, 0.3) is 11.3 Å². The molecule has 3 aromatic rings. The lowest BCUT2D eigenvalue weighted by molar-refractivity contribution is -0.137. The number of sulfonamides is 1. The van der Waals surface area contributed by atoms with Crippen molar-refractivity contribution < 1.29 is 21.6 Å². The van der Waals surface area contributed by atoms with E-state index in [1.165, 1.54) is 31.3 Å². The first kappa shape index (κ1) is 19.5. The molecule has 0 saturated carbocycles. The molecule has 29 heavy (non-hydrogen) atoms. The molecule has 0 atom stereocenters. The zero-order valence-electron chi connectivity index (χ0n) is 15.5. The maximum Gasteiger partial charge on any atom is 0.416 e. The molecule has 2 heterocycles. The van der Waals surface area contributed by atoms with Gasteiger partial charge in [-0.2, -0.15) is 18.3 Å². The monoisotopic (exact) mass is 422 g/mol. The Morgan fingerprint density at radius 2 is 1.79 bits per heavy atom. The Bertz CT molecular complexity index is 1190. The van der Waals surface area contributed by atoms with Crippen molar-refractivity contribution in [2.45, 2.75) is 17.6 Å². The topological polar surface area (TPSA) is 67.2 Å². The standard InChI is InChI=1S/C19H17F3N4O2S/c1-23-29(27,28)15-7-8-17-16(9-15)18-12(10-25(2)24-18)11-26(17)14-5-3-13(4-6-14)19(20,21)22/h3-10,23H,11H2,1-2H3. The van der Waals surface area contributed by atoms with Crippen LogP contribution < -0.4 is 9.62 Å². The van der Waals surface area contributed by atoms with Gasteiger partial charge in [0.15, 0.2) is 0 Å². The van der Waals surface area contributed by atoms with Gasteiger partial charge in [0.25, 0.3) is 0 Å². The molecule has 0 fully saturated rings. The van der Waals surface area contributed by atoms with E-state index in [0.717, 1.165) is 17.7 Å². The van der Waals surface area contributed by atoms with Crippen LogP contribution in [0.15, 0.2) is 53.6 Å². The number of alkyl halides is 3. The quantitative estimate of drug-likeness (QED) is 0.700. The minimum Gasteiger partial charge on any atom is -0.336 e. The van der Waals surface area contributed by atoms with Gasteiger partial charge < -0.3 is 4.90 Å². The SMILES string of the molecule is CNS(=O)(=O)c1ccc2c(c1)-c1nn(C)cc1CN2c1ccc(C(F)(F)F)cc1. The summed E-state index contributed by atoms with van der Waals surface area (Å²) >= 11 is 0. The van der Waals surface area contributed by atoms with Gasteiger partial charge >= 0.3 is 6.18 Å². The van der Waals surface area contributed by atoms with E-state index in [1.54, 1.807) is 17.8 Å². The smallest absolute Gasteiger partial charge is 0.336 e. The van der Waals surface area contributed by atoms with Gasteiger partial charge in [-0.05, 0) is 49.5 Å². The zero-order valence-corrected chi connectivity index (χ0v) is 16.3. The summed E-state index contributed by atoms with van der Waals surface area (Å²) in [5, 5.41) is 4.44. The third kappa shape index (κ3) is 3.38. The summed E-state index contributed by atoms with van der Waals surface area (Å²) < 4.78 is 67.1. The molecule has 6 nitrogen and oxygen atoms in total. The average molecular weight is 422 g/mol. The second kappa shape index (κ2) is 6.60. The second-order valence-corrected chi connectivity index (χ2v) is 8.58. The predicted molar refractivity (Wildman–Crippen MR) is 102 cm³/mol. The highest BCUT2D eigenvalue weighted by atomic mass is 32.2. The molecular formula is C19H17F3N4O2S. The van der Waals surface area contributed by atoms with Crippen LogP contribution in [0.2, 0.25) is 0 Å². The van der Waals surface area contributed by atoms with Gasteiger partial charge in [-0.15, -0.1) is 0 Å². The molecule has 0 unspecified atom stereocenters. The second-order valence-electron chi connectivity index (χ2n) is 6.69. The van der Waals surface area contributed by atoms with E-state index in [4.69, 9.17) is 0 Å². The van der Waals surface area contributed by atoms with Crippen molar-refractivity contribution in [3.63, 3.8) is 0 Å². The summed E-state index contributed by atoms with van der Waals surface area (Å²) in [6.45, 7) is 0.402. The summed E-state index contributed by atoms with van der Waals surface area (Å²) in [6.07, 6.45) is -2.60. The number of nitrogens with one attached hydrogen (secondary N) is 1. The van der Waals surface area contributed by atoms with E-state index < -0.39 is 21.8 Å². The number of nitrogens with zero attached hydrogens (tertiary/aromatic N) is 3. The summed E-state index contributed by atoms with van der Waals surface area (Å²) in [6, 6.07) is 9.54. The lowest BCUT2D eigenvalue weighted by Crippen LogP contribution is -2.23. The molecule has 1 aromatic heterocycles. The molecule has 0 amide bonds. The van der Waals surface area contributed by atoms with Crippen molar-refractivity contribution in [3.05, 3.63) is 59.8 Å². The van der Waals surface area contributed by atoms with Crippen LogP contribution in [0, 0.1) is 0 Å². The van der Waals surface area contributed by atoms with Crippen LogP contribution in [-0.2, 0) is 29.8 Å². The number of rotatable bonds is 3. The maximum absolute atomic E-state index is 12.9. The molecule has 1 aliphatic rings. The van der Waals surface area contributed by atoms with Gasteiger partial charge in [0.05, 0.1) is 28.4 Å². The van der Waals surface area contributed by atoms with Crippen molar-refractivity contribution in [2.24, 2.45) is 7.05 Å². The molecule has 152 valence electrons. The van der Waals surface area contributed by atoms with Crippen molar-refractivity contribution in [3.8, 4) is 11.3 Å². The molecule has 2 aromatic carbocycles. The Hall–Kier alpha value is -2.85. The molecule has 1 N–H and O–H groups in total. The average Bonchev–Trinajstić information content (AvgIpc) is 3.07. The van der Waals surface area contributed by atoms with Gasteiger partial charge in [-0.25, -0.2) is 13.1 Å². The Labute approximate surface area is 165 Å². The number of aryl methyl sites for hydroxylation is 1. The molecule has 4 rings (SSSR count). The number of hydrogen-bond acceptors (Lipinski definition) is 4. The first-order chi connectivity index (χ1) is 13.6. The van der Waals surface area contributed by atoms with E-state index in [1.807, 2.05) is 11.1 Å². The molecule has 0 spiro atoms. The maximum atomic E-state index is 12.9. The first-order valence-corrected chi connectivity index (χ1v) is 10.1. The Morgan fingerprint density at radius 1 is 1.10 bits per heavy atom. The Morgan fingerprint density at radius 3 is 2.41 bits per heavy atom. The van der Waals surface area contributed by atoms with E-state index in [-0.39, 0.29) is 4.90 Å². The van der Waals surface area contributed by atoms with Crippen molar-refractivity contribution in [1.29, 1.82) is 0 Å². The lowest BCUT2D eigenvalue weighted by atomic mass is 9.99. The number of aromatic nitrogens is 2. The van der Waals surface area contributed by atoms with Crippen molar-refractivity contribution in [2.75, 3.05) is 11.9 Å². The molecule has 0 aliphatic carbocycles. The summed E-state index contributed by atoms with van der Waals surface area (Å²) in [5.41, 5.74) is 2.61. The zero-order chi connectivity index (χ0) is 21.0. The van der Waals surface area contributed by atoms with Crippen LogP contribution in [0.1, 0.15) is 11.1 Å².